The maximum absolute atomic E-state index is 11.8. The van der Waals surface area contributed by atoms with Gasteiger partial charge < -0.3 is 10.2 Å². The zero-order valence-corrected chi connectivity index (χ0v) is 12.9. The van der Waals surface area contributed by atoms with Gasteiger partial charge in [0.2, 0.25) is 5.95 Å². The van der Waals surface area contributed by atoms with E-state index in [0.717, 1.165) is 22.0 Å². The summed E-state index contributed by atoms with van der Waals surface area (Å²) in [4.78, 5) is 20.1. The number of fused-ring (bicyclic) bond motifs is 1. The third-order valence-electron chi connectivity index (χ3n) is 3.18. The monoisotopic (exact) mass is 300 g/mol. The van der Waals surface area contributed by atoms with E-state index < -0.39 is 0 Å². The maximum Gasteiger partial charge on any atom is 0.261 e. The summed E-state index contributed by atoms with van der Waals surface area (Å²) in [6.45, 7) is 0. The third-order valence-corrected chi connectivity index (χ3v) is 4.29. The molecule has 0 aliphatic heterocycles. The first kappa shape index (κ1) is 13.6. The van der Waals surface area contributed by atoms with Gasteiger partial charge in [-0.1, -0.05) is 18.2 Å². The lowest BCUT2D eigenvalue weighted by Crippen LogP contribution is -2.16. The maximum atomic E-state index is 11.8. The molecule has 6 heteroatoms. The first-order valence-corrected chi connectivity index (χ1v) is 7.40. The Balaban J connectivity index is 2.25. The summed E-state index contributed by atoms with van der Waals surface area (Å²) in [5.74, 6) is 0.773. The van der Waals surface area contributed by atoms with E-state index in [1.54, 1.807) is 7.05 Å². The number of nitrogens with zero attached hydrogens (tertiary/aromatic N) is 3. The van der Waals surface area contributed by atoms with Gasteiger partial charge in [-0.15, -0.1) is 11.3 Å². The number of amides is 1. The SMILES string of the molecule is CNC(=O)c1cc2nc(N(C)C)n(-c3ccccc3)c2s1. The summed E-state index contributed by atoms with van der Waals surface area (Å²) in [6, 6.07) is 11.9. The lowest BCUT2D eigenvalue weighted by molar-refractivity contribution is 0.0967. The molecule has 0 saturated carbocycles. The minimum absolute atomic E-state index is 0.0796. The zero-order valence-electron chi connectivity index (χ0n) is 12.1. The van der Waals surface area contributed by atoms with Gasteiger partial charge >= 0.3 is 0 Å². The highest BCUT2D eigenvalue weighted by molar-refractivity contribution is 7.20. The molecule has 0 unspecified atom stereocenters. The van der Waals surface area contributed by atoms with Crippen molar-refractivity contribution in [2.75, 3.05) is 26.0 Å². The first-order valence-electron chi connectivity index (χ1n) is 6.59. The molecule has 0 radical (unpaired) electrons. The average molecular weight is 300 g/mol. The van der Waals surface area contributed by atoms with E-state index in [0.29, 0.717) is 4.88 Å². The molecule has 3 rings (SSSR count). The standard InChI is InChI=1S/C15H16N4OS/c1-16-13(20)12-9-11-14(21-12)19(15(17-11)18(2)3)10-7-5-4-6-8-10/h4-9H,1-3H3,(H,16,20). The minimum atomic E-state index is -0.0796. The van der Waals surface area contributed by atoms with Crippen LogP contribution in [0, 0.1) is 0 Å². The van der Waals surface area contributed by atoms with E-state index in [1.807, 2.05) is 55.4 Å². The first-order chi connectivity index (χ1) is 10.1. The normalized spacial score (nSPS) is 10.8. The molecule has 21 heavy (non-hydrogen) atoms. The van der Waals surface area contributed by atoms with Crippen LogP contribution in [0.25, 0.3) is 16.0 Å². The molecule has 0 fully saturated rings. The van der Waals surface area contributed by atoms with Crippen molar-refractivity contribution < 1.29 is 4.79 Å². The average Bonchev–Trinajstić information content (AvgIpc) is 3.04. The van der Waals surface area contributed by atoms with E-state index in [2.05, 4.69) is 14.9 Å². The van der Waals surface area contributed by atoms with Crippen LogP contribution >= 0.6 is 11.3 Å². The van der Waals surface area contributed by atoms with E-state index in [-0.39, 0.29) is 5.91 Å². The number of nitrogens with one attached hydrogen (secondary N) is 1. The molecule has 0 aliphatic carbocycles. The number of carbonyl (C=O) groups excluding carboxylic acids is 1. The van der Waals surface area contributed by atoms with Crippen LogP contribution in [-0.4, -0.2) is 36.6 Å². The van der Waals surface area contributed by atoms with Crippen LogP contribution in [0.4, 0.5) is 5.95 Å². The molecule has 1 aromatic carbocycles. The van der Waals surface area contributed by atoms with Crippen LogP contribution < -0.4 is 10.2 Å². The van der Waals surface area contributed by atoms with E-state index in [4.69, 9.17) is 0 Å². The van der Waals surface area contributed by atoms with Crippen molar-refractivity contribution in [1.82, 2.24) is 14.9 Å². The molecule has 0 spiro atoms. The van der Waals surface area contributed by atoms with Crippen molar-refractivity contribution in [1.29, 1.82) is 0 Å². The summed E-state index contributed by atoms with van der Waals surface area (Å²) in [5.41, 5.74) is 1.88. The molecular weight excluding hydrogens is 284 g/mol. The van der Waals surface area contributed by atoms with E-state index >= 15 is 0 Å². The van der Waals surface area contributed by atoms with Crippen LogP contribution in [0.3, 0.4) is 0 Å². The van der Waals surface area contributed by atoms with E-state index in [1.165, 1.54) is 11.3 Å². The minimum Gasteiger partial charge on any atom is -0.354 e. The Morgan fingerprint density at radius 1 is 1.29 bits per heavy atom. The number of rotatable bonds is 3. The molecule has 2 heterocycles. The van der Waals surface area contributed by atoms with Crippen molar-refractivity contribution in [3.05, 3.63) is 41.3 Å². The number of imidazole rings is 1. The molecular formula is C15H16N4OS. The Morgan fingerprint density at radius 2 is 2.00 bits per heavy atom. The Labute approximate surface area is 126 Å². The topological polar surface area (TPSA) is 50.2 Å². The number of aromatic nitrogens is 2. The van der Waals surface area contributed by atoms with E-state index in [9.17, 15) is 4.79 Å². The molecule has 0 bridgehead atoms. The van der Waals surface area contributed by atoms with Crippen molar-refractivity contribution in [2.24, 2.45) is 0 Å². The quantitative estimate of drug-likeness (QED) is 0.808. The molecule has 108 valence electrons. The van der Waals surface area contributed by atoms with Crippen molar-refractivity contribution >= 4 is 33.5 Å². The third kappa shape index (κ3) is 2.27. The predicted octanol–water partition coefficient (Wildman–Crippen LogP) is 2.51. The molecule has 0 saturated heterocycles. The summed E-state index contributed by atoms with van der Waals surface area (Å²) < 4.78 is 2.08. The largest absolute Gasteiger partial charge is 0.354 e. The van der Waals surface area contributed by atoms with Gasteiger partial charge in [-0.25, -0.2) is 4.98 Å². The fraction of sp³-hybridized carbons (Fsp3) is 0.200. The Hall–Kier alpha value is -2.34. The van der Waals surface area contributed by atoms with Gasteiger partial charge in [-0.3, -0.25) is 9.36 Å². The Morgan fingerprint density at radius 3 is 2.62 bits per heavy atom. The summed E-state index contributed by atoms with van der Waals surface area (Å²) in [6.07, 6.45) is 0. The van der Waals surface area contributed by atoms with Crippen LogP contribution in [0.2, 0.25) is 0 Å². The fourth-order valence-corrected chi connectivity index (χ4v) is 3.27. The molecule has 1 amide bonds. The van der Waals surface area contributed by atoms with Crippen LogP contribution in [0.1, 0.15) is 9.67 Å². The second kappa shape index (κ2) is 5.21. The summed E-state index contributed by atoms with van der Waals surface area (Å²) in [7, 11) is 5.56. The highest BCUT2D eigenvalue weighted by Crippen LogP contribution is 2.32. The van der Waals surface area contributed by atoms with Gasteiger partial charge in [0, 0.05) is 26.8 Å². The number of para-hydroxylation sites is 1. The summed E-state index contributed by atoms with van der Waals surface area (Å²) >= 11 is 1.45. The number of benzene rings is 1. The molecule has 0 aliphatic rings. The van der Waals surface area contributed by atoms with Gasteiger partial charge in [-0.2, -0.15) is 0 Å². The molecule has 0 atom stereocenters. The zero-order chi connectivity index (χ0) is 15.0. The summed E-state index contributed by atoms with van der Waals surface area (Å²) in [5, 5.41) is 2.65. The van der Waals surface area contributed by atoms with Crippen LogP contribution in [-0.2, 0) is 0 Å². The molecule has 3 aromatic rings. The molecule has 5 nitrogen and oxygen atoms in total. The number of carbonyl (C=O) groups is 1. The van der Waals surface area contributed by atoms with Gasteiger partial charge in [-0.05, 0) is 18.2 Å². The van der Waals surface area contributed by atoms with Gasteiger partial charge in [0.25, 0.3) is 5.91 Å². The smallest absolute Gasteiger partial charge is 0.261 e. The highest BCUT2D eigenvalue weighted by Gasteiger charge is 2.19. The predicted molar refractivity (Wildman–Crippen MR) is 86.7 cm³/mol. The van der Waals surface area contributed by atoms with Crippen molar-refractivity contribution in [3.63, 3.8) is 0 Å². The lowest BCUT2D eigenvalue weighted by atomic mass is 10.3. The number of anilines is 1. The van der Waals surface area contributed by atoms with Gasteiger partial charge in [0.15, 0.2) is 0 Å². The Kier molecular flexibility index (Phi) is 3.39. The fourth-order valence-electron chi connectivity index (χ4n) is 2.21. The van der Waals surface area contributed by atoms with Gasteiger partial charge in [0.1, 0.15) is 10.3 Å². The van der Waals surface area contributed by atoms with Crippen molar-refractivity contribution in [3.8, 4) is 5.69 Å². The van der Waals surface area contributed by atoms with Gasteiger partial charge in [0.05, 0.1) is 4.88 Å². The Bertz CT molecular complexity index is 789. The number of hydrogen-bond donors (Lipinski definition) is 1. The lowest BCUT2D eigenvalue weighted by Gasteiger charge is -2.14. The van der Waals surface area contributed by atoms with Crippen molar-refractivity contribution in [2.45, 2.75) is 0 Å². The second-order valence-corrected chi connectivity index (χ2v) is 5.89. The molecule has 1 N–H and O–H groups in total. The number of thiophene rings is 1. The van der Waals surface area contributed by atoms with Crippen LogP contribution in [0.15, 0.2) is 36.4 Å². The second-order valence-electron chi connectivity index (χ2n) is 4.86. The molecule has 2 aromatic heterocycles. The number of hydrogen-bond acceptors (Lipinski definition) is 4. The highest BCUT2D eigenvalue weighted by atomic mass is 32.1. The van der Waals surface area contributed by atoms with Crippen LogP contribution in [0.5, 0.6) is 0 Å².